The number of halogens is 1. The molecule has 3 nitrogen and oxygen atoms in total. The molecule has 1 aromatic rings. The summed E-state index contributed by atoms with van der Waals surface area (Å²) in [6.45, 7) is 4.11. The molecule has 0 radical (unpaired) electrons. The van der Waals surface area contributed by atoms with Gasteiger partial charge < -0.3 is 10.1 Å². The molecule has 0 amide bonds. The monoisotopic (exact) mass is 324 g/mol. The Morgan fingerprint density at radius 3 is 2.68 bits per heavy atom. The number of nitrogens with zero attached hydrogens (tertiary/aromatic N) is 1. The van der Waals surface area contributed by atoms with Crippen LogP contribution in [-0.4, -0.2) is 37.2 Å². The van der Waals surface area contributed by atoms with Crippen molar-refractivity contribution in [2.24, 2.45) is 0 Å². The number of likely N-dealkylation sites (tertiary alicyclic amines) is 1. The number of rotatable bonds is 4. The summed E-state index contributed by atoms with van der Waals surface area (Å²) in [6.07, 6.45) is 3.43. The third kappa shape index (κ3) is 3.19. The highest BCUT2D eigenvalue weighted by molar-refractivity contribution is 9.10. The van der Waals surface area contributed by atoms with Gasteiger partial charge in [0.1, 0.15) is 0 Å². The molecule has 3 rings (SSSR count). The van der Waals surface area contributed by atoms with Gasteiger partial charge in [0.15, 0.2) is 0 Å². The van der Waals surface area contributed by atoms with Crippen LogP contribution in [-0.2, 0) is 17.8 Å². The van der Waals surface area contributed by atoms with Crippen molar-refractivity contribution in [2.75, 3.05) is 20.1 Å². The molecule has 2 saturated heterocycles. The minimum Gasteiger partial charge on any atom is -0.372 e. The molecule has 104 valence electrons. The number of fused-ring (bicyclic) bond motifs is 2. The van der Waals surface area contributed by atoms with Gasteiger partial charge in [0.2, 0.25) is 0 Å². The van der Waals surface area contributed by atoms with Gasteiger partial charge in [-0.2, -0.15) is 0 Å². The molecule has 2 fully saturated rings. The van der Waals surface area contributed by atoms with Crippen molar-refractivity contribution in [2.45, 2.75) is 38.1 Å². The van der Waals surface area contributed by atoms with Crippen LogP contribution in [0.5, 0.6) is 0 Å². The number of nitrogens with one attached hydrogen (secondary N) is 1. The van der Waals surface area contributed by atoms with Crippen LogP contribution in [0.4, 0.5) is 0 Å². The second-order valence-corrected chi connectivity index (χ2v) is 6.46. The van der Waals surface area contributed by atoms with E-state index in [1.54, 1.807) is 0 Å². The summed E-state index contributed by atoms with van der Waals surface area (Å²) in [5.41, 5.74) is 2.70. The quantitative estimate of drug-likeness (QED) is 0.921. The van der Waals surface area contributed by atoms with Gasteiger partial charge in [0, 0.05) is 30.7 Å². The van der Waals surface area contributed by atoms with Crippen LogP contribution in [0.15, 0.2) is 22.7 Å². The van der Waals surface area contributed by atoms with Gasteiger partial charge in [-0.3, -0.25) is 4.90 Å². The van der Waals surface area contributed by atoms with Crippen LogP contribution < -0.4 is 5.32 Å². The van der Waals surface area contributed by atoms with E-state index in [-0.39, 0.29) is 0 Å². The largest absolute Gasteiger partial charge is 0.372 e. The fourth-order valence-electron chi connectivity index (χ4n) is 3.10. The van der Waals surface area contributed by atoms with Crippen molar-refractivity contribution in [3.8, 4) is 0 Å². The average molecular weight is 325 g/mol. The first-order chi connectivity index (χ1) is 9.24. The van der Waals surface area contributed by atoms with Crippen LogP contribution >= 0.6 is 15.9 Å². The number of hydrogen-bond donors (Lipinski definition) is 1. The zero-order valence-corrected chi connectivity index (χ0v) is 12.9. The maximum Gasteiger partial charge on any atom is 0.0707 e. The summed E-state index contributed by atoms with van der Waals surface area (Å²) in [6, 6.07) is 6.68. The van der Waals surface area contributed by atoms with Crippen LogP contribution in [0.3, 0.4) is 0 Å². The Kier molecular flexibility index (Phi) is 4.22. The zero-order valence-electron chi connectivity index (χ0n) is 11.4. The van der Waals surface area contributed by atoms with Crippen LogP contribution in [0.25, 0.3) is 0 Å². The molecule has 0 spiro atoms. The van der Waals surface area contributed by atoms with Crippen molar-refractivity contribution in [3.05, 3.63) is 33.8 Å². The van der Waals surface area contributed by atoms with Gasteiger partial charge in [0.25, 0.3) is 0 Å². The van der Waals surface area contributed by atoms with E-state index in [0.29, 0.717) is 12.2 Å². The molecule has 2 bridgehead atoms. The lowest BCUT2D eigenvalue weighted by molar-refractivity contribution is -0.0411. The van der Waals surface area contributed by atoms with E-state index >= 15 is 0 Å². The van der Waals surface area contributed by atoms with E-state index < -0.39 is 0 Å². The Hall–Kier alpha value is -0.420. The maximum absolute atomic E-state index is 5.88. The van der Waals surface area contributed by atoms with Crippen molar-refractivity contribution in [1.82, 2.24) is 10.2 Å². The highest BCUT2D eigenvalue weighted by Gasteiger charge is 2.33. The smallest absolute Gasteiger partial charge is 0.0707 e. The number of ether oxygens (including phenoxy) is 1. The third-order valence-corrected chi connectivity index (χ3v) is 4.75. The van der Waals surface area contributed by atoms with E-state index in [1.807, 2.05) is 7.05 Å². The van der Waals surface area contributed by atoms with E-state index in [1.165, 1.54) is 28.4 Å². The summed E-state index contributed by atoms with van der Waals surface area (Å²) in [5, 5.41) is 3.18. The van der Waals surface area contributed by atoms with E-state index in [4.69, 9.17) is 4.74 Å². The fraction of sp³-hybridized carbons (Fsp3) is 0.600. The first-order valence-electron chi connectivity index (χ1n) is 7.04. The Balaban J connectivity index is 1.66. The second kappa shape index (κ2) is 5.92. The fourth-order valence-corrected chi connectivity index (χ4v) is 3.65. The van der Waals surface area contributed by atoms with Crippen molar-refractivity contribution in [1.29, 1.82) is 0 Å². The molecule has 2 unspecified atom stereocenters. The van der Waals surface area contributed by atoms with E-state index in [9.17, 15) is 0 Å². The highest BCUT2D eigenvalue weighted by Crippen LogP contribution is 2.28. The Morgan fingerprint density at radius 2 is 2.05 bits per heavy atom. The van der Waals surface area contributed by atoms with Gasteiger partial charge in [-0.25, -0.2) is 0 Å². The predicted molar refractivity (Wildman–Crippen MR) is 80.1 cm³/mol. The summed E-state index contributed by atoms with van der Waals surface area (Å²) in [4.78, 5) is 2.53. The normalized spacial score (nSPS) is 26.8. The van der Waals surface area contributed by atoms with Crippen LogP contribution in [0.1, 0.15) is 24.0 Å². The van der Waals surface area contributed by atoms with Gasteiger partial charge in [-0.05, 0) is 37.1 Å². The van der Waals surface area contributed by atoms with Crippen molar-refractivity contribution in [3.63, 3.8) is 0 Å². The minimum atomic E-state index is 0.473. The Bertz CT molecular complexity index is 440. The SMILES string of the molecule is CNCc1ccc(CN2CC3CCC(C2)O3)c(Br)c1. The molecule has 19 heavy (non-hydrogen) atoms. The molecule has 1 aromatic carbocycles. The molecular weight excluding hydrogens is 304 g/mol. The molecule has 1 N–H and O–H groups in total. The molecule has 0 saturated carbocycles. The zero-order chi connectivity index (χ0) is 13.2. The molecule has 0 aliphatic carbocycles. The van der Waals surface area contributed by atoms with Crippen LogP contribution in [0.2, 0.25) is 0 Å². The first kappa shape index (κ1) is 13.6. The molecule has 2 aliphatic heterocycles. The lowest BCUT2D eigenvalue weighted by Gasteiger charge is -2.32. The van der Waals surface area contributed by atoms with E-state index in [2.05, 4.69) is 44.3 Å². The predicted octanol–water partition coefficient (Wildman–Crippen LogP) is 2.53. The molecule has 2 heterocycles. The summed E-state index contributed by atoms with van der Waals surface area (Å²) in [5.74, 6) is 0. The molecule has 2 atom stereocenters. The molecule has 0 aromatic heterocycles. The second-order valence-electron chi connectivity index (χ2n) is 5.61. The standard InChI is InChI=1S/C15H21BrN2O/c1-17-7-11-2-3-12(15(16)6-11)8-18-9-13-4-5-14(10-18)19-13/h2-3,6,13-14,17H,4-5,7-10H2,1H3. The van der Waals surface area contributed by atoms with Crippen LogP contribution in [0, 0.1) is 0 Å². The Labute approximate surface area is 123 Å². The molecular formula is C15H21BrN2O. The summed E-state index contributed by atoms with van der Waals surface area (Å²) < 4.78 is 7.11. The number of benzene rings is 1. The Morgan fingerprint density at radius 1 is 1.32 bits per heavy atom. The molecule has 4 heteroatoms. The van der Waals surface area contributed by atoms with Gasteiger partial charge in [-0.15, -0.1) is 0 Å². The molecule has 2 aliphatic rings. The van der Waals surface area contributed by atoms with Crippen molar-refractivity contribution >= 4 is 15.9 Å². The maximum atomic E-state index is 5.88. The van der Waals surface area contributed by atoms with Crippen molar-refractivity contribution < 1.29 is 4.74 Å². The third-order valence-electron chi connectivity index (χ3n) is 4.01. The van der Waals surface area contributed by atoms with E-state index in [0.717, 1.165) is 26.2 Å². The van der Waals surface area contributed by atoms with Gasteiger partial charge in [0.05, 0.1) is 12.2 Å². The number of morpholine rings is 1. The topological polar surface area (TPSA) is 24.5 Å². The minimum absolute atomic E-state index is 0.473. The average Bonchev–Trinajstić information content (AvgIpc) is 2.73. The summed E-state index contributed by atoms with van der Waals surface area (Å²) >= 11 is 3.70. The highest BCUT2D eigenvalue weighted by atomic mass is 79.9. The lowest BCUT2D eigenvalue weighted by atomic mass is 10.1. The summed E-state index contributed by atoms with van der Waals surface area (Å²) in [7, 11) is 1.98. The lowest BCUT2D eigenvalue weighted by Crippen LogP contribution is -2.42. The first-order valence-corrected chi connectivity index (χ1v) is 7.83. The number of hydrogen-bond acceptors (Lipinski definition) is 3. The van der Waals surface area contributed by atoms with Gasteiger partial charge in [-0.1, -0.05) is 28.1 Å². The van der Waals surface area contributed by atoms with Gasteiger partial charge >= 0.3 is 0 Å².